The molecule has 0 amide bonds. The summed E-state index contributed by atoms with van der Waals surface area (Å²) in [4.78, 5) is 4.25. The lowest BCUT2D eigenvalue weighted by Gasteiger charge is -2.19. The number of guanidine groups is 1. The van der Waals surface area contributed by atoms with Crippen molar-refractivity contribution in [1.29, 1.82) is 0 Å². The van der Waals surface area contributed by atoms with Gasteiger partial charge in [-0.3, -0.25) is 4.99 Å². The highest BCUT2D eigenvalue weighted by Crippen LogP contribution is 2.26. The molecule has 0 aliphatic rings. The molecular formula is C21H30IN3O3. The summed E-state index contributed by atoms with van der Waals surface area (Å²) in [6.45, 7) is 3.41. The van der Waals surface area contributed by atoms with Gasteiger partial charge in [-0.15, -0.1) is 24.0 Å². The number of nitrogens with zero attached hydrogens (tertiary/aromatic N) is 1. The molecule has 2 aromatic rings. The lowest BCUT2D eigenvalue weighted by atomic mass is 10.1. The van der Waals surface area contributed by atoms with Crippen LogP contribution in [0.4, 0.5) is 0 Å². The van der Waals surface area contributed by atoms with Crippen molar-refractivity contribution in [3.8, 4) is 17.2 Å². The van der Waals surface area contributed by atoms with Crippen LogP contribution in [0, 0.1) is 0 Å². The van der Waals surface area contributed by atoms with Gasteiger partial charge >= 0.3 is 0 Å². The van der Waals surface area contributed by atoms with E-state index >= 15 is 0 Å². The molecule has 1 unspecified atom stereocenters. The second-order valence-electron chi connectivity index (χ2n) is 6.06. The molecular weight excluding hydrogens is 469 g/mol. The summed E-state index contributed by atoms with van der Waals surface area (Å²) in [5.41, 5.74) is 1.24. The first-order valence-corrected chi connectivity index (χ1v) is 9.03. The highest BCUT2D eigenvalue weighted by atomic mass is 127. The van der Waals surface area contributed by atoms with E-state index in [9.17, 15) is 0 Å². The maximum Gasteiger partial charge on any atom is 0.191 e. The van der Waals surface area contributed by atoms with Gasteiger partial charge in [0.25, 0.3) is 0 Å². The number of rotatable bonds is 9. The topological polar surface area (TPSA) is 64.1 Å². The molecule has 0 heterocycles. The zero-order valence-electron chi connectivity index (χ0n) is 16.9. The fourth-order valence-electron chi connectivity index (χ4n) is 2.55. The second kappa shape index (κ2) is 13.1. The smallest absolute Gasteiger partial charge is 0.191 e. The molecule has 1 atom stereocenters. The minimum Gasteiger partial charge on any atom is -0.497 e. The van der Waals surface area contributed by atoms with Crippen molar-refractivity contribution in [3.05, 3.63) is 54.1 Å². The van der Waals surface area contributed by atoms with Crippen LogP contribution < -0.4 is 24.8 Å². The Bertz CT molecular complexity index is 723. The number of benzene rings is 2. The van der Waals surface area contributed by atoms with E-state index < -0.39 is 0 Å². The third kappa shape index (κ3) is 7.84. The Balaban J connectivity index is 0.00000392. The molecule has 0 aromatic heterocycles. The van der Waals surface area contributed by atoms with Gasteiger partial charge in [-0.2, -0.15) is 0 Å². The van der Waals surface area contributed by atoms with Crippen molar-refractivity contribution >= 4 is 29.9 Å². The minimum absolute atomic E-state index is 0. The van der Waals surface area contributed by atoms with E-state index in [1.165, 1.54) is 5.56 Å². The van der Waals surface area contributed by atoms with E-state index in [0.29, 0.717) is 6.54 Å². The van der Waals surface area contributed by atoms with Crippen molar-refractivity contribution in [1.82, 2.24) is 10.6 Å². The normalized spacial score (nSPS) is 11.8. The zero-order chi connectivity index (χ0) is 19.5. The van der Waals surface area contributed by atoms with Crippen LogP contribution in [-0.4, -0.2) is 46.4 Å². The van der Waals surface area contributed by atoms with Crippen molar-refractivity contribution in [2.75, 3.05) is 34.4 Å². The van der Waals surface area contributed by atoms with Gasteiger partial charge in [-0.1, -0.05) is 24.3 Å². The molecule has 0 fully saturated rings. The van der Waals surface area contributed by atoms with Gasteiger partial charge in [-0.05, 0) is 43.2 Å². The molecule has 7 heteroatoms. The number of para-hydroxylation sites is 2. The van der Waals surface area contributed by atoms with E-state index in [1.54, 1.807) is 21.3 Å². The maximum absolute atomic E-state index is 5.94. The van der Waals surface area contributed by atoms with E-state index in [2.05, 4.69) is 27.8 Å². The molecule has 2 N–H and O–H groups in total. The summed E-state index contributed by atoms with van der Waals surface area (Å²) in [6, 6.07) is 15.7. The summed E-state index contributed by atoms with van der Waals surface area (Å²) in [7, 11) is 5.07. The Hall–Kier alpha value is -2.16. The Labute approximate surface area is 184 Å². The Morgan fingerprint density at radius 3 is 2.25 bits per heavy atom. The first kappa shape index (κ1) is 23.9. The highest BCUT2D eigenvalue weighted by molar-refractivity contribution is 14.0. The van der Waals surface area contributed by atoms with Crippen LogP contribution in [0.25, 0.3) is 0 Å². The van der Waals surface area contributed by atoms with Gasteiger partial charge in [0.05, 0.1) is 20.8 Å². The molecule has 0 radical (unpaired) electrons. The molecule has 0 saturated carbocycles. The summed E-state index contributed by atoms with van der Waals surface area (Å²) in [5.74, 6) is 3.08. The molecule has 28 heavy (non-hydrogen) atoms. The molecule has 0 saturated heterocycles. The summed E-state index contributed by atoms with van der Waals surface area (Å²) >= 11 is 0. The third-order valence-corrected chi connectivity index (χ3v) is 4.04. The summed E-state index contributed by atoms with van der Waals surface area (Å²) < 4.78 is 16.4. The monoisotopic (exact) mass is 499 g/mol. The van der Waals surface area contributed by atoms with Gasteiger partial charge in [0.1, 0.15) is 11.9 Å². The third-order valence-electron chi connectivity index (χ3n) is 4.04. The van der Waals surface area contributed by atoms with Crippen LogP contribution >= 0.6 is 24.0 Å². The van der Waals surface area contributed by atoms with Gasteiger partial charge < -0.3 is 24.8 Å². The van der Waals surface area contributed by atoms with Crippen molar-refractivity contribution in [3.63, 3.8) is 0 Å². The van der Waals surface area contributed by atoms with Gasteiger partial charge in [-0.25, -0.2) is 0 Å². The highest BCUT2D eigenvalue weighted by Gasteiger charge is 2.09. The lowest BCUT2D eigenvalue weighted by molar-refractivity contribution is 0.213. The molecule has 0 aliphatic heterocycles. The minimum atomic E-state index is -0.0403. The van der Waals surface area contributed by atoms with E-state index in [4.69, 9.17) is 14.2 Å². The largest absolute Gasteiger partial charge is 0.497 e. The Morgan fingerprint density at radius 1 is 0.964 bits per heavy atom. The first-order chi connectivity index (χ1) is 13.2. The van der Waals surface area contributed by atoms with Gasteiger partial charge in [0.15, 0.2) is 17.5 Å². The molecule has 0 spiro atoms. The van der Waals surface area contributed by atoms with Crippen molar-refractivity contribution in [2.24, 2.45) is 4.99 Å². The quantitative estimate of drug-likeness (QED) is 0.314. The predicted octanol–water partition coefficient (Wildman–Crippen LogP) is 3.50. The number of hydrogen-bond acceptors (Lipinski definition) is 4. The summed E-state index contributed by atoms with van der Waals surface area (Å²) in [5, 5.41) is 6.60. The molecule has 6 nitrogen and oxygen atoms in total. The van der Waals surface area contributed by atoms with Crippen LogP contribution in [0.5, 0.6) is 17.2 Å². The standard InChI is InChI=1S/C21H29N3O3.HI/c1-16(27-20-8-6-5-7-19(20)26-4)15-24-21(22-2)23-14-13-17-9-11-18(25-3)12-10-17;/h5-12,16H,13-15H2,1-4H3,(H2,22,23,24);1H. The molecule has 0 bridgehead atoms. The van der Waals surface area contributed by atoms with Crippen molar-refractivity contribution in [2.45, 2.75) is 19.4 Å². The van der Waals surface area contributed by atoms with Gasteiger partial charge in [0, 0.05) is 13.6 Å². The molecule has 2 aromatic carbocycles. The molecule has 2 rings (SSSR count). The van der Waals surface area contributed by atoms with Crippen LogP contribution in [0.15, 0.2) is 53.5 Å². The maximum atomic E-state index is 5.94. The van der Waals surface area contributed by atoms with Crippen molar-refractivity contribution < 1.29 is 14.2 Å². The molecule has 154 valence electrons. The van der Waals surface area contributed by atoms with Crippen LogP contribution in [0.3, 0.4) is 0 Å². The van der Waals surface area contributed by atoms with E-state index in [1.807, 2.05) is 43.3 Å². The van der Waals surface area contributed by atoms with Crippen LogP contribution in [0.2, 0.25) is 0 Å². The fourth-order valence-corrected chi connectivity index (χ4v) is 2.55. The van der Waals surface area contributed by atoms with Crippen LogP contribution in [0.1, 0.15) is 12.5 Å². The average molecular weight is 499 g/mol. The number of hydrogen-bond donors (Lipinski definition) is 2. The first-order valence-electron chi connectivity index (χ1n) is 9.03. The predicted molar refractivity (Wildman–Crippen MR) is 125 cm³/mol. The van der Waals surface area contributed by atoms with Gasteiger partial charge in [0.2, 0.25) is 0 Å². The summed E-state index contributed by atoms with van der Waals surface area (Å²) in [6.07, 6.45) is 0.860. The average Bonchev–Trinajstić information content (AvgIpc) is 2.71. The Morgan fingerprint density at radius 2 is 1.64 bits per heavy atom. The fraction of sp³-hybridized carbons (Fsp3) is 0.381. The SMILES string of the molecule is CN=C(NCCc1ccc(OC)cc1)NCC(C)Oc1ccccc1OC.I. The number of methoxy groups -OCH3 is 2. The number of aliphatic imine (C=N–C) groups is 1. The lowest BCUT2D eigenvalue weighted by Crippen LogP contribution is -2.42. The second-order valence-corrected chi connectivity index (χ2v) is 6.06. The zero-order valence-corrected chi connectivity index (χ0v) is 19.2. The van der Waals surface area contributed by atoms with Crippen LogP contribution in [-0.2, 0) is 6.42 Å². The number of nitrogens with one attached hydrogen (secondary N) is 2. The van der Waals surface area contributed by atoms with E-state index in [-0.39, 0.29) is 30.1 Å². The number of halogens is 1. The molecule has 0 aliphatic carbocycles. The Kier molecular flexibility index (Phi) is 11.2. The number of ether oxygens (including phenoxy) is 3. The van der Waals surface area contributed by atoms with E-state index in [0.717, 1.165) is 36.2 Å².